The van der Waals surface area contributed by atoms with Crippen molar-refractivity contribution in [3.63, 3.8) is 0 Å². The topological polar surface area (TPSA) is 58.0 Å². The van der Waals surface area contributed by atoms with E-state index in [4.69, 9.17) is 0 Å². The largest absolute Gasteiger partial charge is 0.394 e. The molecular weight excluding hydrogens is 266 g/mol. The first-order chi connectivity index (χ1) is 8.80. The molecule has 0 saturated heterocycles. The van der Waals surface area contributed by atoms with Gasteiger partial charge in [0.1, 0.15) is 6.33 Å². The van der Waals surface area contributed by atoms with Gasteiger partial charge in [0.2, 0.25) is 0 Å². The summed E-state index contributed by atoms with van der Waals surface area (Å²) in [5.41, 5.74) is 0.629. The van der Waals surface area contributed by atoms with E-state index in [0.717, 1.165) is 9.90 Å². The van der Waals surface area contributed by atoms with E-state index in [1.165, 1.54) is 11.5 Å². The summed E-state index contributed by atoms with van der Waals surface area (Å²) in [5.74, 6) is 0.708. The van der Waals surface area contributed by atoms with Gasteiger partial charge in [0.25, 0.3) is 0 Å². The molecule has 0 amide bonds. The van der Waals surface area contributed by atoms with Gasteiger partial charge >= 0.3 is 0 Å². The third-order valence-electron chi connectivity index (χ3n) is 2.86. The van der Waals surface area contributed by atoms with E-state index < -0.39 is 5.54 Å². The van der Waals surface area contributed by atoms with Gasteiger partial charge in [-0.2, -0.15) is 4.37 Å². The lowest BCUT2D eigenvalue weighted by molar-refractivity contribution is 0.187. The van der Waals surface area contributed by atoms with E-state index in [9.17, 15) is 5.11 Å². The Labute approximate surface area is 115 Å². The molecular formula is C12H15N3OS2. The highest BCUT2D eigenvalue weighted by molar-refractivity contribution is 8.01. The Morgan fingerprint density at radius 2 is 2.17 bits per heavy atom. The maximum Gasteiger partial charge on any atom is 0.169 e. The molecule has 0 aliphatic heterocycles. The first-order valence-corrected chi connectivity index (χ1v) is 7.31. The van der Waals surface area contributed by atoms with E-state index in [-0.39, 0.29) is 6.61 Å². The Bertz CT molecular complexity index is 457. The average molecular weight is 281 g/mol. The molecule has 0 radical (unpaired) electrons. The molecule has 6 heteroatoms. The normalized spacial score (nSPS) is 14.3. The van der Waals surface area contributed by atoms with Gasteiger partial charge in [-0.05, 0) is 24.1 Å². The summed E-state index contributed by atoms with van der Waals surface area (Å²) in [6, 6.07) is 9.97. The molecule has 2 aromatic rings. The Balaban J connectivity index is 2.16. The maximum atomic E-state index is 9.75. The zero-order chi connectivity index (χ0) is 12.8. The van der Waals surface area contributed by atoms with Crippen molar-refractivity contribution in [2.45, 2.75) is 9.88 Å². The number of hydrogen-bond acceptors (Lipinski definition) is 6. The number of nitrogens with one attached hydrogen (secondary N) is 1. The fraction of sp³-hybridized carbons (Fsp3) is 0.333. The van der Waals surface area contributed by atoms with Gasteiger partial charge in [-0.3, -0.25) is 0 Å². The molecule has 1 heterocycles. The standard InChI is InChI=1S/C12H15N3OS2/c1-13-12(7-16,10-5-3-2-4-6-10)8-17-11-14-9-15-18-11/h2-6,9,13,16H,7-8H2,1H3. The zero-order valence-electron chi connectivity index (χ0n) is 10.0. The van der Waals surface area contributed by atoms with Crippen LogP contribution in [0, 0.1) is 0 Å². The molecule has 2 N–H and O–H groups in total. The third-order valence-corrected chi connectivity index (χ3v) is 4.89. The highest BCUT2D eigenvalue weighted by Crippen LogP contribution is 2.29. The van der Waals surface area contributed by atoms with Crippen molar-refractivity contribution >= 4 is 23.3 Å². The first kappa shape index (κ1) is 13.5. The van der Waals surface area contributed by atoms with Crippen LogP contribution in [0.15, 0.2) is 41.0 Å². The molecule has 0 fully saturated rings. The van der Waals surface area contributed by atoms with Crippen molar-refractivity contribution in [2.75, 3.05) is 19.4 Å². The molecule has 0 aliphatic carbocycles. The van der Waals surface area contributed by atoms with Crippen molar-refractivity contribution in [1.29, 1.82) is 0 Å². The summed E-state index contributed by atoms with van der Waals surface area (Å²) in [6.45, 7) is 0.0410. The van der Waals surface area contributed by atoms with E-state index >= 15 is 0 Å². The summed E-state index contributed by atoms with van der Waals surface area (Å²) in [6.07, 6.45) is 1.55. The van der Waals surface area contributed by atoms with Crippen molar-refractivity contribution in [1.82, 2.24) is 14.7 Å². The smallest absolute Gasteiger partial charge is 0.169 e. The van der Waals surface area contributed by atoms with Crippen LogP contribution in [0.4, 0.5) is 0 Å². The number of benzene rings is 1. The van der Waals surface area contributed by atoms with Crippen LogP contribution >= 0.6 is 23.3 Å². The molecule has 0 spiro atoms. The highest BCUT2D eigenvalue weighted by atomic mass is 32.2. The lowest BCUT2D eigenvalue weighted by atomic mass is 9.93. The van der Waals surface area contributed by atoms with Crippen molar-refractivity contribution in [3.8, 4) is 0 Å². The van der Waals surface area contributed by atoms with Crippen LogP contribution in [0.2, 0.25) is 0 Å². The number of hydrogen-bond donors (Lipinski definition) is 2. The Kier molecular flexibility index (Phi) is 4.71. The minimum atomic E-state index is -0.447. The van der Waals surface area contributed by atoms with Crippen LogP contribution in [-0.4, -0.2) is 33.9 Å². The Hall–Kier alpha value is -0.950. The molecule has 0 aliphatic rings. The lowest BCUT2D eigenvalue weighted by Crippen LogP contribution is -2.45. The van der Waals surface area contributed by atoms with Crippen LogP contribution in [-0.2, 0) is 5.54 Å². The third kappa shape index (κ3) is 2.89. The number of aromatic nitrogens is 2. The lowest BCUT2D eigenvalue weighted by Gasteiger charge is -2.31. The summed E-state index contributed by atoms with van der Waals surface area (Å²) in [4.78, 5) is 4.14. The second kappa shape index (κ2) is 6.29. The van der Waals surface area contributed by atoms with E-state index in [1.807, 2.05) is 37.4 Å². The second-order valence-corrected chi connectivity index (χ2v) is 5.85. The number of aliphatic hydroxyl groups is 1. The molecule has 2 rings (SSSR count). The van der Waals surface area contributed by atoms with Crippen molar-refractivity contribution < 1.29 is 5.11 Å². The van der Waals surface area contributed by atoms with Gasteiger partial charge in [0.15, 0.2) is 4.34 Å². The molecule has 96 valence electrons. The number of thioether (sulfide) groups is 1. The maximum absolute atomic E-state index is 9.75. The summed E-state index contributed by atoms with van der Waals surface area (Å²) >= 11 is 2.97. The summed E-state index contributed by atoms with van der Waals surface area (Å²) in [7, 11) is 1.86. The van der Waals surface area contributed by atoms with Gasteiger partial charge in [-0.25, -0.2) is 4.98 Å². The van der Waals surface area contributed by atoms with E-state index in [2.05, 4.69) is 14.7 Å². The zero-order valence-corrected chi connectivity index (χ0v) is 11.7. The van der Waals surface area contributed by atoms with Crippen LogP contribution < -0.4 is 5.32 Å². The number of nitrogens with zero attached hydrogens (tertiary/aromatic N) is 2. The minimum absolute atomic E-state index is 0.0410. The Morgan fingerprint density at radius 3 is 2.72 bits per heavy atom. The average Bonchev–Trinajstić information content (AvgIpc) is 2.95. The van der Waals surface area contributed by atoms with Crippen LogP contribution in [0.25, 0.3) is 0 Å². The molecule has 1 atom stereocenters. The predicted octanol–water partition coefficient (Wildman–Crippen LogP) is 1.74. The first-order valence-electron chi connectivity index (χ1n) is 5.55. The number of rotatable bonds is 6. The quantitative estimate of drug-likeness (QED) is 0.790. The number of aliphatic hydroxyl groups excluding tert-OH is 1. The van der Waals surface area contributed by atoms with Crippen LogP contribution in [0.3, 0.4) is 0 Å². The van der Waals surface area contributed by atoms with Crippen molar-refractivity contribution in [2.24, 2.45) is 0 Å². The van der Waals surface area contributed by atoms with Gasteiger partial charge in [0, 0.05) is 5.75 Å². The fourth-order valence-corrected chi connectivity index (χ4v) is 3.37. The fourth-order valence-electron chi connectivity index (χ4n) is 1.68. The van der Waals surface area contributed by atoms with Gasteiger partial charge in [-0.15, -0.1) is 0 Å². The summed E-state index contributed by atoms with van der Waals surface area (Å²) < 4.78 is 4.89. The highest BCUT2D eigenvalue weighted by Gasteiger charge is 2.30. The predicted molar refractivity (Wildman–Crippen MR) is 74.9 cm³/mol. The molecule has 1 aromatic heterocycles. The molecule has 18 heavy (non-hydrogen) atoms. The van der Waals surface area contributed by atoms with E-state index in [0.29, 0.717) is 5.75 Å². The van der Waals surface area contributed by atoms with Crippen molar-refractivity contribution in [3.05, 3.63) is 42.2 Å². The molecule has 0 bridgehead atoms. The van der Waals surface area contributed by atoms with Gasteiger partial charge < -0.3 is 10.4 Å². The second-order valence-electron chi connectivity index (χ2n) is 3.85. The monoisotopic (exact) mass is 281 g/mol. The SMILES string of the molecule is CNC(CO)(CSc1ncns1)c1ccccc1. The summed E-state index contributed by atoms with van der Waals surface area (Å²) in [5, 5.41) is 13.0. The molecule has 4 nitrogen and oxygen atoms in total. The Morgan fingerprint density at radius 1 is 1.39 bits per heavy atom. The minimum Gasteiger partial charge on any atom is -0.394 e. The van der Waals surface area contributed by atoms with Gasteiger partial charge in [0.05, 0.1) is 12.1 Å². The van der Waals surface area contributed by atoms with Gasteiger partial charge in [-0.1, -0.05) is 42.1 Å². The van der Waals surface area contributed by atoms with Crippen LogP contribution in [0.1, 0.15) is 5.56 Å². The molecule has 0 saturated carbocycles. The van der Waals surface area contributed by atoms with Crippen LogP contribution in [0.5, 0.6) is 0 Å². The number of likely N-dealkylation sites (N-methyl/N-ethyl adjacent to an activating group) is 1. The molecule has 1 unspecified atom stereocenters. The molecule has 1 aromatic carbocycles. The van der Waals surface area contributed by atoms with E-state index in [1.54, 1.807) is 18.1 Å².